The number of fused-ring (bicyclic) bond motifs is 1. The van der Waals surface area contributed by atoms with Gasteiger partial charge in [0.25, 0.3) is 5.91 Å². The second kappa shape index (κ2) is 7.23. The van der Waals surface area contributed by atoms with Crippen molar-refractivity contribution in [1.82, 2.24) is 10.3 Å². The molecule has 0 radical (unpaired) electrons. The SMILES string of the molecule is COc1cccc2c1OC[C@@H](CNC(=O)c1csc(SC)n1)C2. The number of thiazole rings is 1. The zero-order chi connectivity index (χ0) is 16.2. The minimum atomic E-state index is -0.127. The van der Waals surface area contributed by atoms with Gasteiger partial charge < -0.3 is 14.8 Å². The first-order valence-electron chi connectivity index (χ1n) is 7.27. The van der Waals surface area contributed by atoms with E-state index >= 15 is 0 Å². The van der Waals surface area contributed by atoms with Gasteiger partial charge in [-0.2, -0.15) is 0 Å². The Kier molecular flexibility index (Phi) is 5.07. The molecule has 1 N–H and O–H groups in total. The maximum atomic E-state index is 12.1. The van der Waals surface area contributed by atoms with Gasteiger partial charge in [-0.15, -0.1) is 11.3 Å². The number of aromatic nitrogens is 1. The highest BCUT2D eigenvalue weighted by molar-refractivity contribution is 8.00. The molecule has 0 fully saturated rings. The summed E-state index contributed by atoms with van der Waals surface area (Å²) in [6, 6.07) is 5.89. The number of benzene rings is 1. The van der Waals surface area contributed by atoms with Crippen LogP contribution in [-0.4, -0.2) is 37.4 Å². The van der Waals surface area contributed by atoms with E-state index in [1.165, 1.54) is 11.3 Å². The Hall–Kier alpha value is -1.73. The molecule has 0 saturated heterocycles. The molecule has 1 atom stereocenters. The van der Waals surface area contributed by atoms with E-state index in [0.29, 0.717) is 18.8 Å². The summed E-state index contributed by atoms with van der Waals surface area (Å²) in [6.45, 7) is 1.14. The maximum absolute atomic E-state index is 12.1. The van der Waals surface area contributed by atoms with Crippen molar-refractivity contribution < 1.29 is 14.3 Å². The van der Waals surface area contributed by atoms with Crippen molar-refractivity contribution in [3.8, 4) is 11.5 Å². The Morgan fingerprint density at radius 1 is 1.57 bits per heavy atom. The normalized spacial score (nSPS) is 16.3. The number of carbonyl (C=O) groups is 1. The Balaban J connectivity index is 1.58. The lowest BCUT2D eigenvalue weighted by Crippen LogP contribution is -2.35. The van der Waals surface area contributed by atoms with Crippen LogP contribution in [0.25, 0.3) is 0 Å². The lowest BCUT2D eigenvalue weighted by atomic mass is 9.96. The Morgan fingerprint density at radius 3 is 3.17 bits per heavy atom. The van der Waals surface area contributed by atoms with Gasteiger partial charge in [0.2, 0.25) is 0 Å². The molecular formula is C16H18N2O3S2. The second-order valence-electron chi connectivity index (χ2n) is 5.24. The highest BCUT2D eigenvalue weighted by Gasteiger charge is 2.23. The van der Waals surface area contributed by atoms with Crippen LogP contribution in [0.3, 0.4) is 0 Å². The Bertz CT molecular complexity index is 702. The molecule has 1 aliphatic rings. The molecule has 0 unspecified atom stereocenters. The van der Waals surface area contributed by atoms with Crippen molar-refractivity contribution in [2.75, 3.05) is 26.5 Å². The standard InChI is InChI=1S/C16H18N2O3S2/c1-20-13-5-3-4-11-6-10(8-21-14(11)13)7-17-15(19)12-9-23-16(18-12)22-2/h3-5,9-10H,6-8H2,1-2H3,(H,17,19)/t10-/m1/s1. The number of hydrogen-bond donors (Lipinski definition) is 1. The average molecular weight is 350 g/mol. The van der Waals surface area contributed by atoms with Crippen LogP contribution >= 0.6 is 23.1 Å². The lowest BCUT2D eigenvalue weighted by Gasteiger charge is -2.26. The molecule has 0 spiro atoms. The molecule has 0 aliphatic carbocycles. The molecule has 7 heteroatoms. The highest BCUT2D eigenvalue weighted by Crippen LogP contribution is 2.35. The number of para-hydroxylation sites is 1. The van der Waals surface area contributed by atoms with E-state index in [9.17, 15) is 4.79 Å². The fraction of sp³-hybridized carbons (Fsp3) is 0.375. The smallest absolute Gasteiger partial charge is 0.270 e. The van der Waals surface area contributed by atoms with Gasteiger partial charge in [0.05, 0.1) is 13.7 Å². The van der Waals surface area contributed by atoms with Gasteiger partial charge in [0.1, 0.15) is 10.0 Å². The van der Waals surface area contributed by atoms with E-state index in [0.717, 1.165) is 27.8 Å². The van der Waals surface area contributed by atoms with E-state index in [1.54, 1.807) is 24.3 Å². The topological polar surface area (TPSA) is 60.5 Å². The number of nitrogens with zero attached hydrogens (tertiary/aromatic N) is 1. The Labute approximate surface area is 143 Å². The van der Waals surface area contributed by atoms with Gasteiger partial charge in [-0.25, -0.2) is 4.98 Å². The number of thioether (sulfide) groups is 1. The summed E-state index contributed by atoms with van der Waals surface area (Å²) < 4.78 is 12.0. The van der Waals surface area contributed by atoms with Gasteiger partial charge in [-0.1, -0.05) is 23.9 Å². The van der Waals surface area contributed by atoms with Crippen molar-refractivity contribution in [1.29, 1.82) is 0 Å². The molecule has 1 aromatic heterocycles. The summed E-state index contributed by atoms with van der Waals surface area (Å²) in [5, 5.41) is 4.74. The summed E-state index contributed by atoms with van der Waals surface area (Å²) >= 11 is 3.03. The van der Waals surface area contributed by atoms with Crippen LogP contribution in [0.15, 0.2) is 27.9 Å². The fourth-order valence-corrected chi connectivity index (χ4v) is 3.77. The van der Waals surface area contributed by atoms with E-state index in [1.807, 2.05) is 24.5 Å². The summed E-state index contributed by atoms with van der Waals surface area (Å²) in [4.78, 5) is 16.4. The monoisotopic (exact) mass is 350 g/mol. The molecule has 1 amide bonds. The summed E-state index contributed by atoms with van der Waals surface area (Å²) in [7, 11) is 1.64. The number of carbonyl (C=O) groups excluding carboxylic acids is 1. The number of ether oxygens (including phenoxy) is 2. The minimum absolute atomic E-state index is 0.127. The molecule has 5 nitrogen and oxygen atoms in total. The van der Waals surface area contributed by atoms with Crippen molar-refractivity contribution in [2.45, 2.75) is 10.8 Å². The van der Waals surface area contributed by atoms with Crippen LogP contribution in [-0.2, 0) is 6.42 Å². The fourth-order valence-electron chi connectivity index (χ4n) is 2.53. The van der Waals surface area contributed by atoms with Gasteiger partial charge in [0.15, 0.2) is 11.5 Å². The number of hydrogen-bond acceptors (Lipinski definition) is 6. The van der Waals surface area contributed by atoms with Crippen LogP contribution in [0.1, 0.15) is 16.1 Å². The molecule has 0 bridgehead atoms. The van der Waals surface area contributed by atoms with Crippen molar-refractivity contribution in [2.24, 2.45) is 5.92 Å². The third kappa shape index (κ3) is 3.61. The molecule has 2 aromatic rings. The van der Waals surface area contributed by atoms with Crippen molar-refractivity contribution in [3.05, 3.63) is 34.8 Å². The predicted molar refractivity (Wildman–Crippen MR) is 91.9 cm³/mol. The summed E-state index contributed by atoms with van der Waals surface area (Å²) in [5.41, 5.74) is 1.60. The predicted octanol–water partition coefficient (Wildman–Crippen LogP) is 2.85. The maximum Gasteiger partial charge on any atom is 0.270 e. The third-order valence-corrected chi connectivity index (χ3v) is 5.56. The molecule has 23 heavy (non-hydrogen) atoms. The number of methoxy groups -OCH3 is 1. The van der Waals surface area contributed by atoms with E-state index in [-0.39, 0.29) is 11.8 Å². The van der Waals surface area contributed by atoms with Crippen LogP contribution in [0.4, 0.5) is 0 Å². The molecule has 1 aliphatic heterocycles. The van der Waals surface area contributed by atoms with Gasteiger partial charge >= 0.3 is 0 Å². The van der Waals surface area contributed by atoms with Gasteiger partial charge in [0, 0.05) is 17.8 Å². The number of amides is 1. The summed E-state index contributed by atoms with van der Waals surface area (Å²) in [6.07, 6.45) is 2.81. The highest BCUT2D eigenvalue weighted by atomic mass is 32.2. The van der Waals surface area contributed by atoms with E-state index in [4.69, 9.17) is 9.47 Å². The number of rotatable bonds is 5. The minimum Gasteiger partial charge on any atom is -0.493 e. The van der Waals surface area contributed by atoms with Crippen LogP contribution < -0.4 is 14.8 Å². The van der Waals surface area contributed by atoms with Crippen LogP contribution in [0.2, 0.25) is 0 Å². The Morgan fingerprint density at radius 2 is 2.43 bits per heavy atom. The largest absolute Gasteiger partial charge is 0.493 e. The molecule has 122 valence electrons. The second-order valence-corrected chi connectivity index (χ2v) is 7.15. The first-order chi connectivity index (χ1) is 11.2. The third-order valence-electron chi connectivity index (χ3n) is 3.69. The van der Waals surface area contributed by atoms with Crippen molar-refractivity contribution in [3.63, 3.8) is 0 Å². The molecule has 1 aromatic carbocycles. The van der Waals surface area contributed by atoms with Crippen LogP contribution in [0.5, 0.6) is 11.5 Å². The molecular weight excluding hydrogens is 332 g/mol. The lowest BCUT2D eigenvalue weighted by molar-refractivity contribution is 0.0933. The number of nitrogens with one attached hydrogen (secondary N) is 1. The zero-order valence-electron chi connectivity index (χ0n) is 13.0. The van der Waals surface area contributed by atoms with E-state index < -0.39 is 0 Å². The molecule has 0 saturated carbocycles. The van der Waals surface area contributed by atoms with Gasteiger partial charge in [-0.05, 0) is 24.3 Å². The molecule has 2 heterocycles. The average Bonchev–Trinajstić information content (AvgIpc) is 3.08. The summed E-state index contributed by atoms with van der Waals surface area (Å²) in [5.74, 6) is 1.70. The quantitative estimate of drug-likeness (QED) is 0.840. The van der Waals surface area contributed by atoms with Crippen LogP contribution in [0, 0.1) is 5.92 Å². The first kappa shape index (κ1) is 16.1. The first-order valence-corrected chi connectivity index (χ1v) is 9.38. The van der Waals surface area contributed by atoms with E-state index in [2.05, 4.69) is 10.3 Å². The zero-order valence-corrected chi connectivity index (χ0v) is 14.6. The van der Waals surface area contributed by atoms with Crippen molar-refractivity contribution >= 4 is 29.0 Å². The molecule has 3 rings (SSSR count). The van der Waals surface area contributed by atoms with Gasteiger partial charge in [-0.3, -0.25) is 4.79 Å².